The van der Waals surface area contributed by atoms with E-state index >= 15 is 0 Å². The second kappa shape index (κ2) is 4.41. The van der Waals surface area contributed by atoms with Gasteiger partial charge in [0.2, 0.25) is 0 Å². The van der Waals surface area contributed by atoms with Crippen LogP contribution in [0.25, 0.3) is 6.08 Å². The molecule has 1 heteroatoms. The first kappa shape index (κ1) is 13.8. The van der Waals surface area contributed by atoms with Gasteiger partial charge in [-0.2, -0.15) is 0 Å². The van der Waals surface area contributed by atoms with Crippen molar-refractivity contribution < 1.29 is 21.4 Å². The molecule has 0 N–H and O–H groups in total. The molecule has 0 saturated heterocycles. The van der Waals surface area contributed by atoms with Crippen LogP contribution in [0.2, 0.25) is 9.36 Å². The Labute approximate surface area is 125 Å². The van der Waals surface area contributed by atoms with Crippen LogP contribution in [0.5, 0.6) is 0 Å². The van der Waals surface area contributed by atoms with Gasteiger partial charge in [-0.05, 0) is 0 Å². The molecule has 0 fully saturated rings. The van der Waals surface area contributed by atoms with Gasteiger partial charge in [0, 0.05) is 0 Å². The second-order valence-electron chi connectivity index (χ2n) is 7.38. The Balaban J connectivity index is 2.12. The fraction of sp³-hybridized carbons (Fsp3) is 0.556. The predicted octanol–water partition coefficient (Wildman–Crippen LogP) is 5.16. The molecule has 0 saturated carbocycles. The summed E-state index contributed by atoms with van der Waals surface area (Å²) in [6.45, 7) is 7.19. The normalized spacial score (nSPS) is 26.4. The summed E-state index contributed by atoms with van der Waals surface area (Å²) in [6.07, 6.45) is 8.80. The topological polar surface area (TPSA) is 0 Å². The Morgan fingerprint density at radius 1 is 1.11 bits per heavy atom. The van der Waals surface area contributed by atoms with Crippen molar-refractivity contribution in [2.45, 2.75) is 52.6 Å². The third-order valence-corrected chi connectivity index (χ3v) is 14.4. The van der Waals surface area contributed by atoms with Crippen molar-refractivity contribution in [3.63, 3.8) is 0 Å². The third-order valence-electron chi connectivity index (χ3n) is 5.19. The molecule has 0 aliphatic heterocycles. The molecule has 1 aromatic rings. The average Bonchev–Trinajstić information content (AvgIpc) is 2.81. The van der Waals surface area contributed by atoms with Crippen molar-refractivity contribution in [2.75, 3.05) is 0 Å². The Kier molecular flexibility index (Phi) is 3.20. The molecule has 0 heterocycles. The van der Waals surface area contributed by atoms with Crippen LogP contribution in [0.1, 0.15) is 49.4 Å². The van der Waals surface area contributed by atoms with Gasteiger partial charge in [0.1, 0.15) is 0 Å². The number of allylic oxidation sites excluding steroid dienone is 1. The molecule has 0 bridgehead atoms. The zero-order chi connectivity index (χ0) is 13.8. The minimum atomic E-state index is -1.50. The quantitative estimate of drug-likeness (QED) is 0.581. The number of hydrogen-bond acceptors (Lipinski definition) is 0. The Morgan fingerprint density at radius 3 is 2.32 bits per heavy atom. The van der Waals surface area contributed by atoms with Gasteiger partial charge in [0.15, 0.2) is 0 Å². The fourth-order valence-corrected chi connectivity index (χ4v) is 10.8. The SMILES string of the molecule is CC[C]1([Hf]([CH3])[CH3])C=Cc2cc3c(cc21)CC(C)(C)C3. The first-order valence-corrected chi connectivity index (χ1v) is 16.5. The van der Waals surface area contributed by atoms with E-state index in [9.17, 15) is 0 Å². The molecule has 0 spiro atoms. The van der Waals surface area contributed by atoms with E-state index in [1.807, 2.05) is 0 Å². The zero-order valence-corrected chi connectivity index (χ0v) is 16.5. The molecule has 2 aliphatic carbocycles. The van der Waals surface area contributed by atoms with Crippen molar-refractivity contribution in [1.29, 1.82) is 0 Å². The van der Waals surface area contributed by atoms with Crippen LogP contribution in [0, 0.1) is 5.41 Å². The van der Waals surface area contributed by atoms with Crippen molar-refractivity contribution >= 4 is 6.08 Å². The van der Waals surface area contributed by atoms with E-state index in [-0.39, 0.29) is 0 Å². The summed E-state index contributed by atoms with van der Waals surface area (Å²) in [4.78, 5) is 0. The number of rotatable bonds is 2. The first-order chi connectivity index (χ1) is 8.88. The summed E-state index contributed by atoms with van der Waals surface area (Å²) in [5.74, 6) is 0. The van der Waals surface area contributed by atoms with Crippen LogP contribution in [0.15, 0.2) is 18.2 Å². The minimum absolute atomic E-state index is 0.470. The molecule has 1 aromatic carbocycles. The molecule has 0 amide bonds. The van der Waals surface area contributed by atoms with Gasteiger partial charge in [-0.1, -0.05) is 0 Å². The van der Waals surface area contributed by atoms with Gasteiger partial charge in [-0.3, -0.25) is 0 Å². The van der Waals surface area contributed by atoms with Crippen LogP contribution >= 0.6 is 0 Å². The van der Waals surface area contributed by atoms with Gasteiger partial charge in [0.25, 0.3) is 0 Å². The summed E-state index contributed by atoms with van der Waals surface area (Å²) in [5.41, 5.74) is 6.93. The molecule has 3 rings (SSSR count). The standard InChI is InChI=1S/C16H19.2CH3.Hf/c1-4-11-5-6-12-7-13-9-16(2,3)10-14(13)8-15(11)12;;;/h5-8H,4,9-10H2,1-3H3;2*1H3;. The first-order valence-electron chi connectivity index (χ1n) is 7.54. The summed E-state index contributed by atoms with van der Waals surface area (Å²) in [5, 5.41) is 0. The number of fused-ring (bicyclic) bond motifs is 2. The summed E-state index contributed by atoms with van der Waals surface area (Å²) in [6, 6.07) is 5.09. The van der Waals surface area contributed by atoms with E-state index in [4.69, 9.17) is 0 Å². The molecule has 0 radical (unpaired) electrons. The second-order valence-corrected chi connectivity index (χ2v) is 17.8. The summed E-state index contributed by atoms with van der Waals surface area (Å²) in [7, 11) is 0. The average molecular weight is 420 g/mol. The van der Waals surface area contributed by atoms with Gasteiger partial charge in [-0.25, -0.2) is 0 Å². The molecule has 0 aromatic heterocycles. The van der Waals surface area contributed by atoms with E-state index in [1.165, 1.54) is 24.8 Å². The van der Waals surface area contributed by atoms with Gasteiger partial charge < -0.3 is 0 Å². The molecular weight excluding hydrogens is 395 g/mol. The Hall–Kier alpha value is -0.170. The van der Waals surface area contributed by atoms with Crippen molar-refractivity contribution in [3.05, 3.63) is 40.5 Å². The molecule has 0 nitrogen and oxygen atoms in total. The molecule has 19 heavy (non-hydrogen) atoms. The van der Waals surface area contributed by atoms with Crippen LogP contribution in [-0.4, -0.2) is 0 Å². The van der Waals surface area contributed by atoms with Crippen LogP contribution in [0.3, 0.4) is 0 Å². The van der Waals surface area contributed by atoms with Crippen LogP contribution in [0.4, 0.5) is 0 Å². The summed E-state index contributed by atoms with van der Waals surface area (Å²) < 4.78 is 5.64. The van der Waals surface area contributed by atoms with Crippen molar-refractivity contribution in [1.82, 2.24) is 0 Å². The zero-order valence-electron chi connectivity index (χ0n) is 12.9. The van der Waals surface area contributed by atoms with Crippen LogP contribution in [-0.2, 0) is 37.5 Å². The Morgan fingerprint density at radius 2 is 1.74 bits per heavy atom. The molecule has 1 atom stereocenters. The number of hydrogen-bond donors (Lipinski definition) is 0. The molecular formula is C18H25Hf. The van der Waals surface area contributed by atoms with E-state index in [2.05, 4.69) is 54.4 Å². The summed E-state index contributed by atoms with van der Waals surface area (Å²) >= 11 is -1.50. The van der Waals surface area contributed by atoms with E-state index in [0.29, 0.717) is 8.59 Å². The van der Waals surface area contributed by atoms with Gasteiger partial charge >= 0.3 is 126 Å². The maximum atomic E-state index is 2.58. The Bertz CT molecular complexity index is 551. The third kappa shape index (κ3) is 2.04. The molecule has 2 aliphatic rings. The van der Waals surface area contributed by atoms with Crippen molar-refractivity contribution in [3.8, 4) is 0 Å². The maximum absolute atomic E-state index is 2.58. The van der Waals surface area contributed by atoms with E-state index < -0.39 is 21.4 Å². The van der Waals surface area contributed by atoms with Gasteiger partial charge in [-0.15, -0.1) is 0 Å². The monoisotopic (exact) mass is 421 g/mol. The van der Waals surface area contributed by atoms with Crippen molar-refractivity contribution in [2.24, 2.45) is 5.41 Å². The molecule has 1 unspecified atom stereocenters. The number of benzene rings is 1. The van der Waals surface area contributed by atoms with Gasteiger partial charge in [0.05, 0.1) is 0 Å². The predicted molar refractivity (Wildman–Crippen MR) is 80.4 cm³/mol. The molecule has 101 valence electrons. The van der Waals surface area contributed by atoms with Crippen LogP contribution < -0.4 is 0 Å². The van der Waals surface area contributed by atoms with E-state index in [1.54, 1.807) is 16.7 Å². The fourth-order valence-electron chi connectivity index (χ4n) is 4.08. The van der Waals surface area contributed by atoms with E-state index in [0.717, 1.165) is 0 Å².